The number of rotatable bonds is 6. The maximum Gasteiger partial charge on any atom is 0.323 e. The molecule has 1 heterocycles. The van der Waals surface area contributed by atoms with Crippen molar-refractivity contribution in [1.29, 1.82) is 0 Å². The van der Waals surface area contributed by atoms with E-state index in [4.69, 9.17) is 4.42 Å². The number of amides is 2. The van der Waals surface area contributed by atoms with Gasteiger partial charge in [-0.25, -0.2) is 14.2 Å². The molecule has 1 aromatic heterocycles. The van der Waals surface area contributed by atoms with Gasteiger partial charge in [-0.2, -0.15) is 0 Å². The molecule has 0 aliphatic carbocycles. The fourth-order valence-corrected chi connectivity index (χ4v) is 2.52. The number of halogens is 1. The highest BCUT2D eigenvalue weighted by Gasteiger charge is 2.29. The molecule has 0 atom stereocenters. The Morgan fingerprint density at radius 3 is 2.14 bits per heavy atom. The number of carboxylic acids is 1. The van der Waals surface area contributed by atoms with Gasteiger partial charge in [-0.15, -0.1) is 0 Å². The van der Waals surface area contributed by atoms with Gasteiger partial charge in [0.05, 0.1) is 11.6 Å². The van der Waals surface area contributed by atoms with Crippen molar-refractivity contribution >= 4 is 23.4 Å². The summed E-state index contributed by atoms with van der Waals surface area (Å²) >= 11 is 0. The molecular weight excluding hydrogens is 377 g/mol. The van der Waals surface area contributed by atoms with E-state index in [1.807, 2.05) is 0 Å². The summed E-state index contributed by atoms with van der Waals surface area (Å²) in [5.74, 6) is -0.461. The molecular formula is C21H20FN3O4. The third kappa shape index (κ3) is 5.19. The van der Waals surface area contributed by atoms with Crippen molar-refractivity contribution in [3.63, 3.8) is 0 Å². The minimum Gasteiger partial charge on any atom is -0.481 e. The normalized spacial score (nSPS) is 11.1. The van der Waals surface area contributed by atoms with E-state index in [2.05, 4.69) is 15.6 Å². The van der Waals surface area contributed by atoms with Crippen LogP contribution in [0.1, 0.15) is 19.7 Å². The minimum absolute atomic E-state index is 0.172. The van der Waals surface area contributed by atoms with E-state index in [1.165, 1.54) is 30.5 Å². The number of nitrogens with zero attached hydrogens (tertiary/aromatic N) is 1. The van der Waals surface area contributed by atoms with E-state index < -0.39 is 17.4 Å². The molecule has 0 spiro atoms. The molecule has 7 nitrogen and oxygen atoms in total. The smallest absolute Gasteiger partial charge is 0.323 e. The quantitative estimate of drug-likeness (QED) is 0.555. The maximum atomic E-state index is 12.9. The molecule has 0 saturated carbocycles. The van der Waals surface area contributed by atoms with Gasteiger partial charge in [0.1, 0.15) is 5.82 Å². The Morgan fingerprint density at radius 2 is 1.59 bits per heavy atom. The Hall–Kier alpha value is -3.68. The molecule has 29 heavy (non-hydrogen) atoms. The number of carboxylic acid groups (broad SMARTS) is 1. The Labute approximate surface area is 166 Å². The van der Waals surface area contributed by atoms with Crippen molar-refractivity contribution in [3.05, 3.63) is 66.4 Å². The predicted octanol–water partition coefficient (Wildman–Crippen LogP) is 4.78. The molecule has 150 valence electrons. The molecule has 8 heteroatoms. The molecule has 0 unspecified atom stereocenters. The van der Waals surface area contributed by atoms with Crippen LogP contribution in [-0.2, 0) is 11.2 Å². The zero-order valence-electron chi connectivity index (χ0n) is 15.9. The van der Waals surface area contributed by atoms with E-state index >= 15 is 0 Å². The van der Waals surface area contributed by atoms with Gasteiger partial charge < -0.3 is 20.2 Å². The fraction of sp³-hybridized carbons (Fsp3) is 0.190. The van der Waals surface area contributed by atoms with Crippen LogP contribution >= 0.6 is 0 Å². The van der Waals surface area contributed by atoms with Gasteiger partial charge in [-0.3, -0.25) is 4.79 Å². The number of nitrogens with one attached hydrogen (secondary N) is 2. The second-order valence-corrected chi connectivity index (χ2v) is 7.15. The largest absolute Gasteiger partial charge is 0.481 e. The summed E-state index contributed by atoms with van der Waals surface area (Å²) in [4.78, 5) is 27.4. The third-order valence-corrected chi connectivity index (χ3v) is 4.26. The van der Waals surface area contributed by atoms with Crippen LogP contribution in [0.25, 0.3) is 11.3 Å². The summed E-state index contributed by atoms with van der Waals surface area (Å²) in [6, 6.07) is 11.9. The van der Waals surface area contributed by atoms with Gasteiger partial charge in [0.25, 0.3) is 0 Å². The van der Waals surface area contributed by atoms with Gasteiger partial charge in [0, 0.05) is 23.4 Å². The fourth-order valence-electron chi connectivity index (χ4n) is 2.52. The van der Waals surface area contributed by atoms with E-state index in [0.29, 0.717) is 23.0 Å². The number of carbonyl (C=O) groups is 2. The molecule has 3 aromatic rings. The Bertz CT molecular complexity index is 1010. The highest BCUT2D eigenvalue weighted by atomic mass is 19.1. The average molecular weight is 397 g/mol. The zero-order valence-corrected chi connectivity index (χ0v) is 15.9. The number of oxazole rings is 1. The van der Waals surface area contributed by atoms with E-state index in [1.54, 1.807) is 38.1 Å². The number of anilines is 2. The monoisotopic (exact) mass is 397 g/mol. The summed E-state index contributed by atoms with van der Waals surface area (Å²) in [6.45, 7) is 3.22. The summed E-state index contributed by atoms with van der Waals surface area (Å²) in [5.41, 5.74) is 0.786. The molecule has 0 radical (unpaired) electrons. The SMILES string of the molecule is CC(C)(Cc1ncc(-c2ccc(NC(=O)Nc3ccc(F)cc3)cc2)o1)C(=O)O. The van der Waals surface area contributed by atoms with Crippen LogP contribution in [0.4, 0.5) is 20.6 Å². The lowest BCUT2D eigenvalue weighted by molar-refractivity contribution is -0.147. The number of aliphatic carboxylic acids is 1. The molecule has 2 aromatic carbocycles. The third-order valence-electron chi connectivity index (χ3n) is 4.26. The molecule has 0 aliphatic rings. The zero-order chi connectivity index (χ0) is 21.0. The lowest BCUT2D eigenvalue weighted by Gasteiger charge is -2.16. The van der Waals surface area contributed by atoms with E-state index in [9.17, 15) is 19.1 Å². The summed E-state index contributed by atoms with van der Waals surface area (Å²) < 4.78 is 18.6. The number of carbonyl (C=O) groups excluding carboxylic acids is 1. The summed E-state index contributed by atoms with van der Waals surface area (Å²) in [7, 11) is 0. The van der Waals surface area contributed by atoms with Gasteiger partial charge in [0.15, 0.2) is 11.7 Å². The van der Waals surface area contributed by atoms with Crippen molar-refractivity contribution < 1.29 is 23.5 Å². The van der Waals surface area contributed by atoms with Crippen LogP contribution in [0.2, 0.25) is 0 Å². The van der Waals surface area contributed by atoms with Crippen molar-refractivity contribution in [2.75, 3.05) is 10.6 Å². The van der Waals surface area contributed by atoms with Crippen molar-refractivity contribution in [1.82, 2.24) is 4.98 Å². The number of urea groups is 1. The second kappa shape index (κ2) is 8.14. The van der Waals surface area contributed by atoms with Crippen LogP contribution < -0.4 is 10.6 Å². The van der Waals surface area contributed by atoms with Gasteiger partial charge in [-0.1, -0.05) is 0 Å². The number of aromatic nitrogens is 1. The van der Waals surface area contributed by atoms with Crippen molar-refractivity contribution in [3.8, 4) is 11.3 Å². The van der Waals surface area contributed by atoms with Crippen LogP contribution in [-0.4, -0.2) is 22.1 Å². The number of benzene rings is 2. The standard InChI is InChI=1S/C21H20FN3O4/c1-21(2,19(26)27)11-18-23-12-17(29-18)13-3-7-15(8-4-13)24-20(28)25-16-9-5-14(22)6-10-16/h3-10,12H,11H2,1-2H3,(H,26,27)(H2,24,25,28). The van der Waals surface area contributed by atoms with Crippen molar-refractivity contribution in [2.45, 2.75) is 20.3 Å². The molecule has 3 rings (SSSR count). The lowest BCUT2D eigenvalue weighted by Crippen LogP contribution is -2.26. The second-order valence-electron chi connectivity index (χ2n) is 7.15. The topological polar surface area (TPSA) is 104 Å². The molecule has 3 N–H and O–H groups in total. The molecule has 0 saturated heterocycles. The Balaban J connectivity index is 1.62. The molecule has 0 aliphatic heterocycles. The predicted molar refractivity (Wildman–Crippen MR) is 106 cm³/mol. The Kier molecular flexibility index (Phi) is 5.63. The van der Waals surface area contributed by atoms with Gasteiger partial charge in [-0.05, 0) is 62.4 Å². The number of hydrogen-bond donors (Lipinski definition) is 3. The maximum absolute atomic E-state index is 12.9. The van der Waals surface area contributed by atoms with E-state index in [-0.39, 0.29) is 12.2 Å². The number of hydrogen-bond acceptors (Lipinski definition) is 4. The van der Waals surface area contributed by atoms with Crippen LogP contribution in [0.15, 0.2) is 59.1 Å². The first-order valence-corrected chi connectivity index (χ1v) is 8.85. The van der Waals surface area contributed by atoms with Crippen molar-refractivity contribution in [2.24, 2.45) is 5.41 Å². The highest BCUT2D eigenvalue weighted by Crippen LogP contribution is 2.26. The first-order valence-electron chi connectivity index (χ1n) is 8.85. The van der Waals surface area contributed by atoms with Gasteiger partial charge >= 0.3 is 12.0 Å². The van der Waals surface area contributed by atoms with Crippen LogP contribution in [0.3, 0.4) is 0 Å². The van der Waals surface area contributed by atoms with Gasteiger partial charge in [0.2, 0.25) is 0 Å². The molecule has 0 bridgehead atoms. The first kappa shape index (κ1) is 20.1. The molecule has 2 amide bonds. The highest BCUT2D eigenvalue weighted by molar-refractivity contribution is 5.99. The average Bonchev–Trinajstić information content (AvgIpc) is 3.12. The Morgan fingerprint density at radius 1 is 1.03 bits per heavy atom. The first-order chi connectivity index (χ1) is 13.7. The molecule has 0 fully saturated rings. The van der Waals surface area contributed by atoms with Crippen LogP contribution in [0.5, 0.6) is 0 Å². The van der Waals surface area contributed by atoms with Crippen LogP contribution in [0, 0.1) is 11.2 Å². The summed E-state index contributed by atoms with van der Waals surface area (Å²) in [5, 5.41) is 14.5. The minimum atomic E-state index is -0.978. The summed E-state index contributed by atoms with van der Waals surface area (Å²) in [6.07, 6.45) is 1.71. The lowest BCUT2D eigenvalue weighted by atomic mass is 9.90. The van der Waals surface area contributed by atoms with E-state index in [0.717, 1.165) is 5.56 Å².